The van der Waals surface area contributed by atoms with Crippen molar-refractivity contribution in [3.05, 3.63) is 23.3 Å². The molecule has 1 aromatic carbocycles. The molecule has 1 aliphatic heterocycles. The van der Waals surface area contributed by atoms with E-state index in [-0.39, 0.29) is 11.7 Å². The van der Waals surface area contributed by atoms with Crippen molar-refractivity contribution in [2.75, 3.05) is 5.32 Å². The van der Waals surface area contributed by atoms with Gasteiger partial charge in [-0.15, -0.1) is 0 Å². The lowest BCUT2D eigenvalue weighted by molar-refractivity contribution is -0.116. The number of phenols is 1. The lowest BCUT2D eigenvalue weighted by Gasteiger charge is -2.24. The molecule has 0 radical (unpaired) electrons. The molecule has 1 heterocycles. The number of anilines is 1. The fourth-order valence-electron chi connectivity index (χ4n) is 2.06. The van der Waals surface area contributed by atoms with E-state index in [1.165, 1.54) is 6.07 Å². The number of carbonyl (C=O) groups excluding carboxylic acids is 1. The number of aliphatic hydroxyl groups is 1. The topological polar surface area (TPSA) is 95.6 Å². The Morgan fingerprint density at radius 2 is 2.12 bits per heavy atom. The third-order valence-corrected chi connectivity index (χ3v) is 3.01. The second kappa shape index (κ2) is 4.35. The summed E-state index contributed by atoms with van der Waals surface area (Å²) in [5.41, 5.74) is 7.51. The zero-order valence-corrected chi connectivity index (χ0v) is 9.60. The molecule has 0 saturated carbocycles. The van der Waals surface area contributed by atoms with E-state index < -0.39 is 12.1 Å². The predicted molar refractivity (Wildman–Crippen MR) is 63.7 cm³/mol. The second-order valence-electron chi connectivity index (χ2n) is 4.38. The van der Waals surface area contributed by atoms with Crippen molar-refractivity contribution in [3.63, 3.8) is 0 Å². The van der Waals surface area contributed by atoms with Gasteiger partial charge in [-0.3, -0.25) is 4.79 Å². The lowest BCUT2D eigenvalue weighted by atomic mass is 9.91. The van der Waals surface area contributed by atoms with Gasteiger partial charge in [-0.05, 0) is 30.5 Å². The molecule has 0 aromatic heterocycles. The van der Waals surface area contributed by atoms with Crippen LogP contribution >= 0.6 is 0 Å². The van der Waals surface area contributed by atoms with Crippen LogP contribution in [0.3, 0.4) is 0 Å². The van der Waals surface area contributed by atoms with Crippen molar-refractivity contribution in [2.45, 2.75) is 31.9 Å². The van der Waals surface area contributed by atoms with Gasteiger partial charge in [-0.25, -0.2) is 0 Å². The second-order valence-corrected chi connectivity index (χ2v) is 4.38. The Hall–Kier alpha value is -1.59. The summed E-state index contributed by atoms with van der Waals surface area (Å²) < 4.78 is 0. The number of hydrogen-bond donors (Lipinski definition) is 4. The zero-order valence-electron chi connectivity index (χ0n) is 9.60. The van der Waals surface area contributed by atoms with Gasteiger partial charge in [0.15, 0.2) is 0 Å². The molecule has 0 fully saturated rings. The van der Waals surface area contributed by atoms with E-state index in [0.29, 0.717) is 24.1 Å². The van der Waals surface area contributed by atoms with E-state index in [1.54, 1.807) is 13.0 Å². The van der Waals surface area contributed by atoms with Gasteiger partial charge >= 0.3 is 0 Å². The van der Waals surface area contributed by atoms with Gasteiger partial charge < -0.3 is 21.3 Å². The van der Waals surface area contributed by atoms with Gasteiger partial charge in [0.05, 0.1) is 11.8 Å². The monoisotopic (exact) mass is 236 g/mol. The molecule has 92 valence electrons. The molecule has 0 bridgehead atoms. The molecule has 5 N–H and O–H groups in total. The van der Waals surface area contributed by atoms with Gasteiger partial charge in [0.1, 0.15) is 5.75 Å². The van der Waals surface area contributed by atoms with Crippen molar-refractivity contribution < 1.29 is 15.0 Å². The van der Waals surface area contributed by atoms with Crippen LogP contribution in [0.1, 0.15) is 30.6 Å². The van der Waals surface area contributed by atoms with Gasteiger partial charge in [0.2, 0.25) is 5.91 Å². The number of aromatic hydroxyl groups is 1. The molecule has 1 aliphatic rings. The molecule has 2 rings (SSSR count). The standard InChI is InChI=1S/C12H16N2O3/c1-6(13)12(17)8-2-4-9(15)11-7(8)3-5-10(16)14-11/h2,4,6,12,15,17H,3,5,13H2,1H3,(H,14,16). The van der Waals surface area contributed by atoms with E-state index >= 15 is 0 Å². The van der Waals surface area contributed by atoms with Crippen molar-refractivity contribution >= 4 is 11.6 Å². The summed E-state index contributed by atoms with van der Waals surface area (Å²) in [5, 5.41) is 22.3. The SMILES string of the molecule is CC(N)C(O)c1ccc(O)c2c1CCC(=O)N2. The summed E-state index contributed by atoms with van der Waals surface area (Å²) in [6.45, 7) is 1.71. The minimum absolute atomic E-state index is 0.0219. The van der Waals surface area contributed by atoms with Crippen molar-refractivity contribution in [3.8, 4) is 5.75 Å². The predicted octanol–water partition coefficient (Wildman–Crippen LogP) is 0.657. The highest BCUT2D eigenvalue weighted by Gasteiger charge is 2.25. The molecule has 0 spiro atoms. The van der Waals surface area contributed by atoms with Crippen LogP contribution in [0.5, 0.6) is 5.75 Å². The summed E-state index contributed by atoms with van der Waals surface area (Å²) in [7, 11) is 0. The fraction of sp³-hybridized carbons (Fsp3) is 0.417. The summed E-state index contributed by atoms with van der Waals surface area (Å²) in [4.78, 5) is 11.3. The minimum Gasteiger partial charge on any atom is -0.506 e. The summed E-state index contributed by atoms with van der Waals surface area (Å²) in [6, 6.07) is 2.71. The zero-order chi connectivity index (χ0) is 12.6. The maximum atomic E-state index is 11.3. The van der Waals surface area contributed by atoms with E-state index in [4.69, 9.17) is 5.73 Å². The quantitative estimate of drug-likeness (QED) is 0.567. The normalized spacial score (nSPS) is 18.2. The molecule has 17 heavy (non-hydrogen) atoms. The van der Waals surface area contributed by atoms with Crippen LogP contribution in [-0.2, 0) is 11.2 Å². The van der Waals surface area contributed by atoms with Crippen molar-refractivity contribution in [1.82, 2.24) is 0 Å². The Morgan fingerprint density at radius 1 is 1.41 bits per heavy atom. The minimum atomic E-state index is -0.792. The Morgan fingerprint density at radius 3 is 2.76 bits per heavy atom. The number of fused-ring (bicyclic) bond motifs is 1. The first-order valence-electron chi connectivity index (χ1n) is 5.59. The number of amides is 1. The fourth-order valence-corrected chi connectivity index (χ4v) is 2.06. The van der Waals surface area contributed by atoms with E-state index in [9.17, 15) is 15.0 Å². The molecule has 5 nitrogen and oxygen atoms in total. The van der Waals surface area contributed by atoms with Gasteiger partial charge in [-0.1, -0.05) is 6.07 Å². The maximum absolute atomic E-state index is 11.3. The Labute approximate surface area is 99.3 Å². The Bertz CT molecular complexity index is 457. The molecule has 0 saturated heterocycles. The first-order valence-corrected chi connectivity index (χ1v) is 5.59. The van der Waals surface area contributed by atoms with Gasteiger partial charge in [-0.2, -0.15) is 0 Å². The van der Waals surface area contributed by atoms with Gasteiger partial charge in [0.25, 0.3) is 0 Å². The molecule has 2 atom stereocenters. The molecule has 1 amide bonds. The molecule has 2 unspecified atom stereocenters. The number of benzene rings is 1. The summed E-state index contributed by atoms with van der Waals surface area (Å²) >= 11 is 0. The molecular weight excluding hydrogens is 220 g/mol. The van der Waals surface area contributed by atoms with Crippen molar-refractivity contribution in [1.29, 1.82) is 0 Å². The van der Waals surface area contributed by atoms with Crippen LogP contribution < -0.4 is 11.1 Å². The molecule has 0 aliphatic carbocycles. The number of aliphatic hydroxyl groups excluding tert-OH is 1. The highest BCUT2D eigenvalue weighted by Crippen LogP contribution is 2.36. The van der Waals surface area contributed by atoms with Gasteiger partial charge in [0, 0.05) is 12.5 Å². The first-order chi connectivity index (χ1) is 8.00. The average Bonchev–Trinajstić information content (AvgIpc) is 2.29. The van der Waals surface area contributed by atoms with Crippen LogP contribution in [0.4, 0.5) is 5.69 Å². The highest BCUT2D eigenvalue weighted by molar-refractivity contribution is 5.96. The summed E-state index contributed by atoms with van der Waals surface area (Å²) in [5.74, 6) is -0.103. The number of carbonyl (C=O) groups is 1. The first kappa shape index (κ1) is 11.9. The Balaban J connectivity index is 2.49. The van der Waals surface area contributed by atoms with E-state index in [2.05, 4.69) is 5.32 Å². The number of nitrogens with two attached hydrogens (primary N) is 1. The van der Waals surface area contributed by atoms with Crippen LogP contribution in [0, 0.1) is 0 Å². The number of nitrogens with one attached hydrogen (secondary N) is 1. The number of rotatable bonds is 2. The summed E-state index contributed by atoms with van der Waals surface area (Å²) in [6.07, 6.45) is 0.0726. The molecule has 5 heteroatoms. The van der Waals surface area contributed by atoms with Crippen LogP contribution in [0.2, 0.25) is 0 Å². The lowest BCUT2D eigenvalue weighted by Crippen LogP contribution is -2.27. The largest absolute Gasteiger partial charge is 0.506 e. The van der Waals surface area contributed by atoms with Crippen LogP contribution in [0.25, 0.3) is 0 Å². The van der Waals surface area contributed by atoms with Crippen LogP contribution in [0.15, 0.2) is 12.1 Å². The molecule has 1 aromatic rings. The third kappa shape index (κ3) is 2.11. The molecular formula is C12H16N2O3. The van der Waals surface area contributed by atoms with Crippen molar-refractivity contribution in [2.24, 2.45) is 5.73 Å². The number of phenolic OH excluding ortho intramolecular Hbond substituents is 1. The number of hydrogen-bond acceptors (Lipinski definition) is 4. The average molecular weight is 236 g/mol. The Kier molecular flexibility index (Phi) is 3.04. The third-order valence-electron chi connectivity index (χ3n) is 3.01. The highest BCUT2D eigenvalue weighted by atomic mass is 16.3. The van der Waals surface area contributed by atoms with Crippen LogP contribution in [-0.4, -0.2) is 22.2 Å². The van der Waals surface area contributed by atoms with E-state index in [0.717, 1.165) is 5.56 Å². The maximum Gasteiger partial charge on any atom is 0.224 e. The smallest absolute Gasteiger partial charge is 0.224 e. The van der Waals surface area contributed by atoms with E-state index in [1.807, 2.05) is 0 Å².